The van der Waals surface area contributed by atoms with Gasteiger partial charge in [-0.1, -0.05) is 33.6 Å². The van der Waals surface area contributed by atoms with Gasteiger partial charge in [0.15, 0.2) is 0 Å². The van der Waals surface area contributed by atoms with Gasteiger partial charge in [-0.3, -0.25) is 9.59 Å². The fourth-order valence-electron chi connectivity index (χ4n) is 5.72. The van der Waals surface area contributed by atoms with E-state index in [1.54, 1.807) is 0 Å². The number of rotatable bonds is 10. The zero-order valence-corrected chi connectivity index (χ0v) is 23.5. The standard InChI is InChI=1S/C26H50BN3O4/c1-11-12-15-28-22(32)26(29-19(2)31)17-20(23(3,4)16-21(26)18-30(9)10)13-14-27-33-24(5,6)25(7,8)34-27/h20-21H,11-18H2,1-10H3,(H,28,32)(H,29,31). The van der Waals surface area contributed by atoms with E-state index in [2.05, 4.69) is 64.0 Å². The molecule has 2 rings (SSSR count). The molecular weight excluding hydrogens is 429 g/mol. The second-order valence-corrected chi connectivity index (χ2v) is 12.6. The summed E-state index contributed by atoms with van der Waals surface area (Å²) in [5.74, 6) is 0.0720. The molecule has 34 heavy (non-hydrogen) atoms. The van der Waals surface area contributed by atoms with Crippen LogP contribution in [0, 0.1) is 17.3 Å². The Balaban J connectivity index is 2.30. The Kier molecular flexibility index (Phi) is 9.31. The topological polar surface area (TPSA) is 79.9 Å². The van der Waals surface area contributed by atoms with E-state index in [1.807, 2.05) is 14.1 Å². The van der Waals surface area contributed by atoms with Crippen LogP contribution < -0.4 is 10.6 Å². The Morgan fingerprint density at radius 3 is 2.09 bits per heavy atom. The molecule has 2 fully saturated rings. The molecule has 8 heteroatoms. The Hall–Kier alpha value is -1.12. The van der Waals surface area contributed by atoms with E-state index >= 15 is 0 Å². The Morgan fingerprint density at radius 2 is 1.59 bits per heavy atom. The molecule has 2 amide bonds. The predicted molar refractivity (Wildman–Crippen MR) is 139 cm³/mol. The van der Waals surface area contributed by atoms with Crippen LogP contribution in [0.4, 0.5) is 0 Å². The molecule has 0 radical (unpaired) electrons. The number of carbonyl (C=O) groups excluding carboxylic acids is 2. The molecule has 3 unspecified atom stereocenters. The summed E-state index contributed by atoms with van der Waals surface area (Å²) in [6.07, 6.45) is 5.07. The van der Waals surface area contributed by atoms with Crippen molar-refractivity contribution >= 4 is 18.9 Å². The highest BCUT2D eigenvalue weighted by atomic mass is 16.7. The second-order valence-electron chi connectivity index (χ2n) is 12.6. The molecule has 1 aliphatic heterocycles. The van der Waals surface area contributed by atoms with Crippen molar-refractivity contribution in [1.82, 2.24) is 15.5 Å². The van der Waals surface area contributed by atoms with Crippen LogP contribution in [0.1, 0.15) is 87.5 Å². The SMILES string of the molecule is CCCCNC(=O)C1(NC(C)=O)CC(CCB2OC(C)(C)C(C)(C)O2)C(C)(C)CC1CN(C)C. The fourth-order valence-corrected chi connectivity index (χ4v) is 5.72. The summed E-state index contributed by atoms with van der Waals surface area (Å²) in [6.45, 7) is 17.9. The number of hydrogen-bond acceptors (Lipinski definition) is 5. The van der Waals surface area contributed by atoms with Gasteiger partial charge in [-0.2, -0.15) is 0 Å². The van der Waals surface area contributed by atoms with Gasteiger partial charge in [0, 0.05) is 25.9 Å². The summed E-state index contributed by atoms with van der Waals surface area (Å²) >= 11 is 0. The van der Waals surface area contributed by atoms with Crippen LogP contribution in [-0.2, 0) is 18.9 Å². The number of hydrogen-bond donors (Lipinski definition) is 2. The van der Waals surface area contributed by atoms with Crippen molar-refractivity contribution in [2.75, 3.05) is 27.2 Å². The highest BCUT2D eigenvalue weighted by Gasteiger charge is 2.56. The molecule has 1 saturated heterocycles. The lowest BCUT2D eigenvalue weighted by molar-refractivity contribution is -0.141. The van der Waals surface area contributed by atoms with Crippen molar-refractivity contribution in [3.05, 3.63) is 0 Å². The number of carbonyl (C=O) groups is 2. The molecule has 1 saturated carbocycles. The summed E-state index contributed by atoms with van der Waals surface area (Å²) < 4.78 is 12.5. The van der Waals surface area contributed by atoms with Crippen LogP contribution in [0.15, 0.2) is 0 Å². The lowest BCUT2D eigenvalue weighted by Crippen LogP contribution is -2.68. The molecule has 2 N–H and O–H groups in total. The van der Waals surface area contributed by atoms with Crippen LogP contribution in [0.25, 0.3) is 0 Å². The molecule has 7 nitrogen and oxygen atoms in total. The van der Waals surface area contributed by atoms with E-state index in [0.717, 1.165) is 38.5 Å². The third-order valence-electron chi connectivity index (χ3n) is 8.40. The average Bonchev–Trinajstić information content (AvgIpc) is 2.88. The lowest BCUT2D eigenvalue weighted by Gasteiger charge is -2.53. The first kappa shape index (κ1) is 29.1. The highest BCUT2D eigenvalue weighted by Crippen LogP contribution is 2.51. The van der Waals surface area contributed by atoms with E-state index in [4.69, 9.17) is 9.31 Å². The van der Waals surface area contributed by atoms with Gasteiger partial charge < -0.3 is 24.8 Å². The number of amides is 2. The van der Waals surface area contributed by atoms with Gasteiger partial charge >= 0.3 is 7.12 Å². The van der Waals surface area contributed by atoms with Crippen LogP contribution >= 0.6 is 0 Å². The molecule has 0 spiro atoms. The zero-order chi connectivity index (χ0) is 25.9. The zero-order valence-electron chi connectivity index (χ0n) is 23.5. The minimum atomic E-state index is -0.917. The van der Waals surface area contributed by atoms with E-state index in [-0.39, 0.29) is 47.4 Å². The van der Waals surface area contributed by atoms with Crippen LogP contribution in [0.3, 0.4) is 0 Å². The van der Waals surface area contributed by atoms with E-state index < -0.39 is 5.54 Å². The smallest absolute Gasteiger partial charge is 0.403 e. The van der Waals surface area contributed by atoms with Crippen LogP contribution in [0.5, 0.6) is 0 Å². The normalized spacial score (nSPS) is 29.8. The van der Waals surface area contributed by atoms with Crippen molar-refractivity contribution in [2.24, 2.45) is 17.3 Å². The largest absolute Gasteiger partial charge is 0.457 e. The third kappa shape index (κ3) is 6.55. The van der Waals surface area contributed by atoms with Gasteiger partial charge in [0.05, 0.1) is 11.2 Å². The molecule has 0 bridgehead atoms. The maximum absolute atomic E-state index is 13.7. The molecule has 0 aromatic heterocycles. The van der Waals surface area contributed by atoms with E-state index in [9.17, 15) is 9.59 Å². The van der Waals surface area contributed by atoms with Crippen molar-refractivity contribution in [3.8, 4) is 0 Å². The Labute approximate surface area is 208 Å². The minimum absolute atomic E-state index is 0.0238. The van der Waals surface area contributed by atoms with Crippen LogP contribution in [-0.4, -0.2) is 67.8 Å². The van der Waals surface area contributed by atoms with Crippen molar-refractivity contribution < 1.29 is 18.9 Å². The summed E-state index contributed by atoms with van der Waals surface area (Å²) in [5.41, 5.74) is -1.60. The minimum Gasteiger partial charge on any atom is -0.403 e. The molecular formula is C26H50BN3O4. The summed E-state index contributed by atoms with van der Waals surface area (Å²) in [6, 6.07) is 0. The molecule has 196 valence electrons. The van der Waals surface area contributed by atoms with Gasteiger partial charge in [0.2, 0.25) is 11.8 Å². The molecule has 3 atom stereocenters. The van der Waals surface area contributed by atoms with E-state index in [0.29, 0.717) is 13.0 Å². The molecule has 2 aliphatic rings. The van der Waals surface area contributed by atoms with Gasteiger partial charge in [0.1, 0.15) is 5.54 Å². The highest BCUT2D eigenvalue weighted by molar-refractivity contribution is 6.45. The first-order valence-electron chi connectivity index (χ1n) is 13.1. The summed E-state index contributed by atoms with van der Waals surface area (Å²) in [5, 5.41) is 6.31. The monoisotopic (exact) mass is 479 g/mol. The second kappa shape index (κ2) is 10.9. The number of nitrogens with zero attached hydrogens (tertiary/aromatic N) is 1. The Morgan fingerprint density at radius 1 is 1.00 bits per heavy atom. The Bertz CT molecular complexity index is 709. The summed E-state index contributed by atoms with van der Waals surface area (Å²) in [4.78, 5) is 28.3. The average molecular weight is 480 g/mol. The van der Waals surface area contributed by atoms with Crippen molar-refractivity contribution in [3.63, 3.8) is 0 Å². The maximum atomic E-state index is 13.7. The quantitative estimate of drug-likeness (QED) is 0.367. The maximum Gasteiger partial charge on any atom is 0.457 e. The number of nitrogens with one attached hydrogen (secondary N) is 2. The molecule has 1 heterocycles. The van der Waals surface area contributed by atoms with Gasteiger partial charge in [-0.05, 0) is 78.7 Å². The van der Waals surface area contributed by atoms with Gasteiger partial charge in [-0.15, -0.1) is 0 Å². The lowest BCUT2D eigenvalue weighted by atomic mass is 9.55. The fraction of sp³-hybridized carbons (Fsp3) is 0.923. The molecule has 1 aliphatic carbocycles. The molecule has 0 aromatic rings. The van der Waals surface area contributed by atoms with E-state index in [1.165, 1.54) is 6.92 Å². The molecule has 0 aromatic carbocycles. The van der Waals surface area contributed by atoms with Gasteiger partial charge in [-0.25, -0.2) is 0 Å². The van der Waals surface area contributed by atoms with Crippen molar-refractivity contribution in [1.29, 1.82) is 0 Å². The third-order valence-corrected chi connectivity index (χ3v) is 8.40. The van der Waals surface area contributed by atoms with Crippen molar-refractivity contribution in [2.45, 2.75) is 111 Å². The summed E-state index contributed by atoms with van der Waals surface area (Å²) in [7, 11) is 3.81. The van der Waals surface area contributed by atoms with Crippen LogP contribution in [0.2, 0.25) is 6.32 Å². The predicted octanol–water partition coefficient (Wildman–Crippen LogP) is 3.87. The first-order valence-corrected chi connectivity index (χ1v) is 13.1. The first-order chi connectivity index (χ1) is 15.6. The van der Waals surface area contributed by atoms with Gasteiger partial charge in [0.25, 0.3) is 0 Å². The number of unbranched alkanes of at least 4 members (excludes halogenated alkanes) is 1.